The number of hydrogen-bond acceptors (Lipinski definition) is 0. The van der Waals surface area contributed by atoms with Gasteiger partial charge >= 0.3 is 5.51 Å². The number of rotatable bonds is 1. The maximum atomic E-state index is 12.9. The summed E-state index contributed by atoms with van der Waals surface area (Å²) in [6.45, 7) is 3.50. The van der Waals surface area contributed by atoms with Crippen LogP contribution < -0.4 is 12.4 Å². The number of thiophene rings is 1. The predicted molar refractivity (Wildman–Crippen MR) is 61.8 cm³/mol. The summed E-state index contributed by atoms with van der Waals surface area (Å²) in [4.78, 5) is 0.413. The zero-order valence-electron chi connectivity index (χ0n) is 9.44. The van der Waals surface area contributed by atoms with Gasteiger partial charge in [0.2, 0.25) is 0 Å². The van der Waals surface area contributed by atoms with Gasteiger partial charge in [0.15, 0.2) is 9.58 Å². The van der Waals surface area contributed by atoms with Crippen LogP contribution in [0.25, 0.3) is 10.1 Å². The highest BCUT2D eigenvalue weighted by Gasteiger charge is 2.46. The van der Waals surface area contributed by atoms with Crippen molar-refractivity contribution in [1.82, 2.24) is 0 Å². The van der Waals surface area contributed by atoms with E-state index in [1.54, 1.807) is 25.1 Å². The molecular formula is C12H12ClF3S. The Morgan fingerprint density at radius 2 is 1.82 bits per heavy atom. The van der Waals surface area contributed by atoms with Crippen LogP contribution in [0, 0.1) is 6.92 Å². The molecule has 0 spiro atoms. The van der Waals surface area contributed by atoms with Gasteiger partial charge in [-0.1, -0.05) is 13.0 Å². The molecule has 0 radical (unpaired) electrons. The normalized spacial score (nSPS) is 12.6. The number of halogens is 4. The second-order valence-corrected chi connectivity index (χ2v) is 5.89. The molecule has 0 saturated heterocycles. The fourth-order valence-corrected chi connectivity index (χ4v) is 3.69. The zero-order valence-corrected chi connectivity index (χ0v) is 11.0. The molecule has 1 heterocycles. The Morgan fingerprint density at radius 1 is 1.18 bits per heavy atom. The summed E-state index contributed by atoms with van der Waals surface area (Å²) in [7, 11) is -1.72. The van der Waals surface area contributed by atoms with Crippen LogP contribution in [-0.2, 0) is 11.9 Å². The van der Waals surface area contributed by atoms with Crippen LogP contribution in [0.3, 0.4) is 0 Å². The molecule has 0 nitrogen and oxygen atoms in total. The van der Waals surface area contributed by atoms with Gasteiger partial charge in [0.1, 0.15) is 0 Å². The van der Waals surface area contributed by atoms with Crippen molar-refractivity contribution >= 4 is 20.6 Å². The summed E-state index contributed by atoms with van der Waals surface area (Å²) in [6, 6.07) is 7.02. The maximum Gasteiger partial charge on any atom is 0.600 e. The number of hydrogen-bond donors (Lipinski definition) is 0. The van der Waals surface area contributed by atoms with E-state index < -0.39 is 16.0 Å². The van der Waals surface area contributed by atoms with E-state index in [1.165, 1.54) is 0 Å². The van der Waals surface area contributed by atoms with Crippen molar-refractivity contribution in [3.63, 3.8) is 0 Å². The third kappa shape index (κ3) is 2.58. The van der Waals surface area contributed by atoms with E-state index in [9.17, 15) is 13.2 Å². The monoisotopic (exact) mass is 280 g/mol. The summed E-state index contributed by atoms with van der Waals surface area (Å²) in [5.74, 6) is 0. The molecule has 1 atom stereocenters. The molecule has 17 heavy (non-hydrogen) atoms. The van der Waals surface area contributed by atoms with Crippen molar-refractivity contribution in [3.8, 4) is 0 Å². The molecule has 0 aliphatic carbocycles. The number of aryl methyl sites for hydroxylation is 2. The SMILES string of the molecule is CCc1ccc2cc(C)[s+](C(F)(F)F)c2c1.[Cl-]. The van der Waals surface area contributed by atoms with Gasteiger partial charge in [-0.25, -0.2) is 0 Å². The molecule has 0 aliphatic rings. The summed E-state index contributed by atoms with van der Waals surface area (Å²) in [5, 5.41) is 0.718. The van der Waals surface area contributed by atoms with Gasteiger partial charge in [-0.2, -0.15) is 0 Å². The molecule has 5 heteroatoms. The first-order chi connectivity index (χ1) is 7.43. The van der Waals surface area contributed by atoms with E-state index in [1.807, 2.05) is 13.0 Å². The Bertz CT molecular complexity index is 528. The number of alkyl halides is 3. The third-order valence-electron chi connectivity index (χ3n) is 2.62. The molecular weight excluding hydrogens is 269 g/mol. The van der Waals surface area contributed by atoms with E-state index in [4.69, 9.17) is 0 Å². The Kier molecular flexibility index (Phi) is 4.10. The van der Waals surface area contributed by atoms with Gasteiger partial charge < -0.3 is 12.4 Å². The standard InChI is InChI=1S/C12H12F3S.ClH/c1-3-9-4-5-10-6-8(2)16(11(10)7-9)12(13,14)15;/h4-7H,3H2,1-2H3;1H/q+1;/p-1. The minimum atomic E-state index is -4.15. The van der Waals surface area contributed by atoms with Crippen molar-refractivity contribution in [2.45, 2.75) is 25.8 Å². The fraction of sp³-hybridized carbons (Fsp3) is 0.333. The lowest BCUT2D eigenvalue weighted by Crippen LogP contribution is -3.00. The summed E-state index contributed by atoms with van der Waals surface area (Å²) in [5.41, 5.74) is -3.19. The number of fused-ring (bicyclic) bond motifs is 1. The van der Waals surface area contributed by atoms with Gasteiger partial charge in [-0.15, -0.1) is 13.2 Å². The molecule has 0 bridgehead atoms. The molecule has 0 fully saturated rings. The first kappa shape index (κ1) is 14.3. The summed E-state index contributed by atoms with van der Waals surface area (Å²) < 4.78 is 39.1. The third-order valence-corrected chi connectivity index (χ3v) is 4.64. The Hall–Kier alpha value is -0.740. The first-order valence-electron chi connectivity index (χ1n) is 5.06. The smallest absolute Gasteiger partial charge is 0.600 e. The van der Waals surface area contributed by atoms with Gasteiger partial charge in [-0.3, -0.25) is 0 Å². The average Bonchev–Trinajstić information content (AvgIpc) is 2.51. The van der Waals surface area contributed by atoms with Crippen molar-refractivity contribution < 1.29 is 25.6 Å². The zero-order chi connectivity index (χ0) is 11.9. The topological polar surface area (TPSA) is 0 Å². The predicted octanol–water partition coefficient (Wildman–Crippen LogP) is 1.94. The van der Waals surface area contributed by atoms with Crippen molar-refractivity contribution in [2.75, 3.05) is 0 Å². The summed E-state index contributed by atoms with van der Waals surface area (Å²) in [6.07, 6.45) is 0.765. The first-order valence-corrected chi connectivity index (χ1v) is 6.28. The van der Waals surface area contributed by atoms with E-state index >= 15 is 0 Å². The maximum absolute atomic E-state index is 12.9. The quantitative estimate of drug-likeness (QED) is 0.701. The van der Waals surface area contributed by atoms with E-state index in [0.717, 1.165) is 17.4 Å². The van der Waals surface area contributed by atoms with E-state index in [0.29, 0.717) is 9.58 Å². The van der Waals surface area contributed by atoms with Gasteiger partial charge in [0.05, 0.1) is 10.5 Å². The van der Waals surface area contributed by atoms with Crippen LogP contribution >= 0.6 is 10.5 Å². The highest BCUT2D eigenvalue weighted by atomic mass is 35.5. The molecule has 94 valence electrons. The molecule has 0 amide bonds. The van der Waals surface area contributed by atoms with Crippen LogP contribution in [0.15, 0.2) is 24.3 Å². The highest BCUT2D eigenvalue weighted by molar-refractivity contribution is 7.38. The lowest BCUT2D eigenvalue weighted by Gasteiger charge is -1.98. The van der Waals surface area contributed by atoms with E-state index in [-0.39, 0.29) is 12.4 Å². The Labute approximate surface area is 107 Å². The lowest BCUT2D eigenvalue weighted by molar-refractivity contribution is -0.0867. The van der Waals surface area contributed by atoms with Crippen LogP contribution in [-0.4, -0.2) is 0 Å². The van der Waals surface area contributed by atoms with Gasteiger partial charge in [0.25, 0.3) is 0 Å². The van der Waals surface area contributed by atoms with Crippen molar-refractivity contribution in [2.24, 2.45) is 0 Å². The lowest BCUT2D eigenvalue weighted by atomic mass is 10.1. The van der Waals surface area contributed by atoms with Crippen LogP contribution in [0.4, 0.5) is 13.2 Å². The minimum absolute atomic E-state index is 0. The molecule has 1 unspecified atom stereocenters. The number of benzene rings is 1. The van der Waals surface area contributed by atoms with E-state index in [2.05, 4.69) is 0 Å². The minimum Gasteiger partial charge on any atom is -1.00 e. The second-order valence-electron chi connectivity index (χ2n) is 3.73. The van der Waals surface area contributed by atoms with Crippen LogP contribution in [0.5, 0.6) is 0 Å². The van der Waals surface area contributed by atoms with Gasteiger partial charge in [-0.05, 0) is 18.1 Å². The fourth-order valence-electron chi connectivity index (χ4n) is 1.85. The van der Waals surface area contributed by atoms with Crippen LogP contribution in [0.1, 0.15) is 17.4 Å². The van der Waals surface area contributed by atoms with Crippen LogP contribution in [0.2, 0.25) is 0 Å². The van der Waals surface area contributed by atoms with Gasteiger partial charge in [0, 0.05) is 24.4 Å². The largest absolute Gasteiger partial charge is 1.00 e. The summed E-state index contributed by atoms with van der Waals surface area (Å²) >= 11 is 0. The highest BCUT2D eigenvalue weighted by Crippen LogP contribution is 2.50. The molecule has 2 aromatic rings. The van der Waals surface area contributed by atoms with Crippen molar-refractivity contribution in [1.29, 1.82) is 0 Å². The molecule has 2 rings (SSSR count). The molecule has 1 aromatic heterocycles. The van der Waals surface area contributed by atoms with Crippen molar-refractivity contribution in [3.05, 3.63) is 34.7 Å². The average molecular weight is 281 g/mol. The molecule has 0 saturated carbocycles. The second kappa shape index (κ2) is 4.86. The Morgan fingerprint density at radius 3 is 2.35 bits per heavy atom. The molecule has 0 N–H and O–H groups in total. The Balaban J connectivity index is 0.00000144. The molecule has 0 aliphatic heterocycles. The molecule has 1 aromatic carbocycles.